The second-order valence-electron chi connectivity index (χ2n) is 5.38. The van der Waals surface area contributed by atoms with Crippen LogP contribution in [0.2, 0.25) is 0 Å². The first-order valence-corrected chi connectivity index (χ1v) is 6.79. The maximum absolute atomic E-state index is 12.3. The third-order valence-corrected chi connectivity index (χ3v) is 3.52. The quantitative estimate of drug-likeness (QED) is 0.830. The van der Waals surface area contributed by atoms with Crippen LogP contribution in [0.5, 0.6) is 0 Å². The summed E-state index contributed by atoms with van der Waals surface area (Å²) in [5.41, 5.74) is 2.98. The second-order valence-corrected chi connectivity index (χ2v) is 5.38. The van der Waals surface area contributed by atoms with Crippen molar-refractivity contribution in [2.45, 2.75) is 46.6 Å². The van der Waals surface area contributed by atoms with E-state index in [1.165, 1.54) is 6.33 Å². The van der Waals surface area contributed by atoms with Crippen molar-refractivity contribution >= 4 is 5.78 Å². The monoisotopic (exact) mass is 275 g/mol. The van der Waals surface area contributed by atoms with Gasteiger partial charge in [-0.3, -0.25) is 9.48 Å². The first-order valence-electron chi connectivity index (χ1n) is 6.79. The zero-order valence-corrected chi connectivity index (χ0v) is 12.7. The lowest BCUT2D eigenvalue weighted by Crippen LogP contribution is -2.15. The standard InChI is InChI=1S/C14H21N5O/c1-9(2)19-14(15-8-16-19)7-12(20)6-13-10(3)17-18(5)11(13)4/h8-9H,6-7H2,1-5H3. The molecule has 2 aromatic heterocycles. The zero-order valence-electron chi connectivity index (χ0n) is 12.7. The molecule has 0 aliphatic rings. The van der Waals surface area contributed by atoms with Gasteiger partial charge in [0.15, 0.2) is 0 Å². The molecule has 0 fully saturated rings. The summed E-state index contributed by atoms with van der Waals surface area (Å²) in [6.07, 6.45) is 2.21. The van der Waals surface area contributed by atoms with Crippen molar-refractivity contribution in [2.24, 2.45) is 7.05 Å². The lowest BCUT2D eigenvalue weighted by Gasteiger charge is -2.08. The molecule has 0 saturated carbocycles. The van der Waals surface area contributed by atoms with Gasteiger partial charge in [0.2, 0.25) is 0 Å². The van der Waals surface area contributed by atoms with Gasteiger partial charge in [-0.2, -0.15) is 10.2 Å². The summed E-state index contributed by atoms with van der Waals surface area (Å²) in [6.45, 7) is 7.97. The minimum absolute atomic E-state index is 0.138. The molecule has 0 amide bonds. The number of aryl methyl sites for hydroxylation is 2. The number of hydrogen-bond acceptors (Lipinski definition) is 4. The molecule has 0 atom stereocenters. The maximum atomic E-state index is 12.3. The predicted molar refractivity (Wildman–Crippen MR) is 75.5 cm³/mol. The topological polar surface area (TPSA) is 65.6 Å². The Bertz CT molecular complexity index is 624. The lowest BCUT2D eigenvalue weighted by molar-refractivity contribution is -0.118. The van der Waals surface area contributed by atoms with E-state index in [1.54, 1.807) is 4.68 Å². The first-order chi connectivity index (χ1) is 9.40. The van der Waals surface area contributed by atoms with Gasteiger partial charge in [0.25, 0.3) is 0 Å². The maximum Gasteiger partial charge on any atom is 0.144 e. The Hall–Kier alpha value is -1.98. The van der Waals surface area contributed by atoms with Crippen LogP contribution in [0.15, 0.2) is 6.33 Å². The molecule has 0 bridgehead atoms. The molecule has 0 radical (unpaired) electrons. The van der Waals surface area contributed by atoms with Crippen LogP contribution in [-0.4, -0.2) is 30.3 Å². The largest absolute Gasteiger partial charge is 0.299 e. The minimum Gasteiger partial charge on any atom is -0.299 e. The Morgan fingerprint density at radius 2 is 2.00 bits per heavy atom. The second kappa shape index (κ2) is 5.56. The molecule has 0 N–H and O–H groups in total. The number of hydrogen-bond donors (Lipinski definition) is 0. The highest BCUT2D eigenvalue weighted by Crippen LogP contribution is 2.14. The fraction of sp³-hybridized carbons (Fsp3) is 0.571. The van der Waals surface area contributed by atoms with Crippen LogP contribution in [0, 0.1) is 13.8 Å². The van der Waals surface area contributed by atoms with E-state index in [-0.39, 0.29) is 11.8 Å². The van der Waals surface area contributed by atoms with Gasteiger partial charge in [-0.05, 0) is 27.7 Å². The molecule has 2 aromatic rings. The number of carbonyl (C=O) groups excluding carboxylic acids is 1. The van der Waals surface area contributed by atoms with Crippen molar-refractivity contribution in [1.29, 1.82) is 0 Å². The van der Waals surface area contributed by atoms with Crippen LogP contribution in [0.3, 0.4) is 0 Å². The van der Waals surface area contributed by atoms with E-state index >= 15 is 0 Å². The molecule has 20 heavy (non-hydrogen) atoms. The third-order valence-electron chi connectivity index (χ3n) is 3.52. The molecular formula is C14H21N5O. The smallest absolute Gasteiger partial charge is 0.144 e. The zero-order chi connectivity index (χ0) is 14.9. The van der Waals surface area contributed by atoms with Crippen molar-refractivity contribution in [3.63, 3.8) is 0 Å². The number of nitrogens with zero attached hydrogens (tertiary/aromatic N) is 5. The van der Waals surface area contributed by atoms with E-state index in [4.69, 9.17) is 0 Å². The van der Waals surface area contributed by atoms with Gasteiger partial charge in [-0.25, -0.2) is 9.67 Å². The molecule has 6 heteroatoms. The summed E-state index contributed by atoms with van der Waals surface area (Å²) in [5, 5.41) is 8.49. The normalized spacial score (nSPS) is 11.3. The summed E-state index contributed by atoms with van der Waals surface area (Å²) in [4.78, 5) is 16.4. The number of Topliss-reactive ketones (excluding diaryl/α,β-unsaturated/α-hetero) is 1. The number of ketones is 1. The molecule has 6 nitrogen and oxygen atoms in total. The summed E-state index contributed by atoms with van der Waals surface area (Å²) in [5.74, 6) is 0.864. The van der Waals surface area contributed by atoms with Crippen molar-refractivity contribution in [3.05, 3.63) is 29.1 Å². The highest BCUT2D eigenvalue weighted by molar-refractivity contribution is 5.82. The number of aromatic nitrogens is 5. The number of carbonyl (C=O) groups is 1. The molecule has 108 valence electrons. The molecular weight excluding hydrogens is 254 g/mol. The Labute approximate surface area is 118 Å². The Morgan fingerprint density at radius 1 is 1.30 bits per heavy atom. The van der Waals surface area contributed by atoms with Crippen LogP contribution in [-0.2, 0) is 24.7 Å². The summed E-state index contributed by atoms with van der Waals surface area (Å²) >= 11 is 0. The molecule has 2 rings (SSSR count). The highest BCUT2D eigenvalue weighted by Gasteiger charge is 2.16. The summed E-state index contributed by atoms with van der Waals surface area (Å²) in [7, 11) is 1.89. The van der Waals surface area contributed by atoms with E-state index in [9.17, 15) is 4.79 Å². The Kier molecular flexibility index (Phi) is 4.01. The van der Waals surface area contributed by atoms with Gasteiger partial charge >= 0.3 is 0 Å². The van der Waals surface area contributed by atoms with Crippen molar-refractivity contribution in [3.8, 4) is 0 Å². The van der Waals surface area contributed by atoms with Crippen LogP contribution in [0.1, 0.15) is 42.7 Å². The average Bonchev–Trinajstić information content (AvgIpc) is 2.90. The third kappa shape index (κ3) is 2.79. The Morgan fingerprint density at radius 3 is 2.55 bits per heavy atom. The van der Waals surface area contributed by atoms with E-state index in [0.717, 1.165) is 22.8 Å². The SMILES string of the molecule is Cc1nn(C)c(C)c1CC(=O)Cc1ncnn1C(C)C. The van der Waals surface area contributed by atoms with E-state index in [0.29, 0.717) is 12.8 Å². The van der Waals surface area contributed by atoms with Gasteiger partial charge in [-0.1, -0.05) is 0 Å². The van der Waals surface area contributed by atoms with Crippen LogP contribution in [0.25, 0.3) is 0 Å². The molecule has 0 spiro atoms. The van der Waals surface area contributed by atoms with Gasteiger partial charge < -0.3 is 0 Å². The molecule has 0 unspecified atom stereocenters. The Balaban J connectivity index is 2.11. The van der Waals surface area contributed by atoms with Gasteiger partial charge in [0.1, 0.15) is 17.9 Å². The van der Waals surface area contributed by atoms with Gasteiger partial charge in [0, 0.05) is 30.8 Å². The van der Waals surface area contributed by atoms with Crippen LogP contribution < -0.4 is 0 Å². The van der Waals surface area contributed by atoms with E-state index in [2.05, 4.69) is 15.2 Å². The lowest BCUT2D eigenvalue weighted by atomic mass is 10.1. The van der Waals surface area contributed by atoms with Crippen molar-refractivity contribution < 1.29 is 4.79 Å². The summed E-state index contributed by atoms with van der Waals surface area (Å²) < 4.78 is 3.61. The fourth-order valence-corrected chi connectivity index (χ4v) is 2.34. The molecule has 0 saturated heterocycles. The van der Waals surface area contributed by atoms with Crippen molar-refractivity contribution in [1.82, 2.24) is 24.5 Å². The van der Waals surface area contributed by atoms with E-state index < -0.39 is 0 Å². The van der Waals surface area contributed by atoms with Gasteiger partial charge in [-0.15, -0.1) is 0 Å². The summed E-state index contributed by atoms with van der Waals surface area (Å²) in [6, 6.07) is 0.210. The molecule has 0 aromatic carbocycles. The van der Waals surface area contributed by atoms with Gasteiger partial charge in [0.05, 0.1) is 12.1 Å². The minimum atomic E-state index is 0.138. The molecule has 0 aliphatic heterocycles. The fourth-order valence-electron chi connectivity index (χ4n) is 2.34. The average molecular weight is 275 g/mol. The molecule has 2 heterocycles. The predicted octanol–water partition coefficient (Wildman–Crippen LogP) is 1.56. The van der Waals surface area contributed by atoms with Crippen LogP contribution in [0.4, 0.5) is 0 Å². The van der Waals surface area contributed by atoms with Crippen LogP contribution >= 0.6 is 0 Å². The van der Waals surface area contributed by atoms with Crippen molar-refractivity contribution in [2.75, 3.05) is 0 Å². The number of rotatable bonds is 5. The first kappa shape index (κ1) is 14.4. The highest BCUT2D eigenvalue weighted by atomic mass is 16.1. The van der Waals surface area contributed by atoms with E-state index in [1.807, 2.05) is 39.4 Å². The molecule has 0 aliphatic carbocycles.